The van der Waals surface area contributed by atoms with Gasteiger partial charge in [0, 0.05) is 24.0 Å². The number of nitrogens with two attached hydrogens (primary N) is 1. The molecule has 3 N–H and O–H groups in total. The number of rotatable bonds is 2. The summed E-state index contributed by atoms with van der Waals surface area (Å²) in [6.45, 7) is 0.572. The Morgan fingerprint density at radius 3 is 2.95 bits per heavy atom. The van der Waals surface area contributed by atoms with E-state index in [4.69, 9.17) is 5.73 Å². The van der Waals surface area contributed by atoms with Gasteiger partial charge in [-0.2, -0.15) is 0 Å². The van der Waals surface area contributed by atoms with E-state index in [1.54, 1.807) is 11.0 Å². The molecule has 7 heteroatoms. The van der Waals surface area contributed by atoms with Crippen LogP contribution in [0.1, 0.15) is 22.5 Å². The first-order valence-electron chi connectivity index (χ1n) is 6.60. The molecule has 1 aliphatic rings. The van der Waals surface area contributed by atoms with Gasteiger partial charge in [0.2, 0.25) is 0 Å². The Morgan fingerprint density at radius 1 is 1.43 bits per heavy atom. The van der Waals surface area contributed by atoms with Gasteiger partial charge >= 0.3 is 0 Å². The lowest BCUT2D eigenvalue weighted by molar-refractivity contribution is -0.384. The number of amides is 1. The van der Waals surface area contributed by atoms with E-state index < -0.39 is 4.92 Å². The van der Waals surface area contributed by atoms with Crippen molar-refractivity contribution < 1.29 is 9.72 Å². The first kappa shape index (κ1) is 13.2. The van der Waals surface area contributed by atoms with Crippen LogP contribution in [0.4, 0.5) is 17.1 Å². The molecule has 3 rings (SSSR count). The van der Waals surface area contributed by atoms with E-state index in [1.165, 1.54) is 12.3 Å². The maximum Gasteiger partial charge on any atom is 0.287 e. The van der Waals surface area contributed by atoms with Crippen molar-refractivity contribution in [3.63, 3.8) is 0 Å². The Bertz CT molecular complexity index is 723. The minimum atomic E-state index is -0.532. The summed E-state index contributed by atoms with van der Waals surface area (Å²) in [6.07, 6.45) is 2.86. The smallest absolute Gasteiger partial charge is 0.287 e. The van der Waals surface area contributed by atoms with Gasteiger partial charge in [-0.1, -0.05) is 6.07 Å². The molecule has 1 aromatic heterocycles. The molecule has 7 nitrogen and oxygen atoms in total. The van der Waals surface area contributed by atoms with Crippen LogP contribution in [0, 0.1) is 10.1 Å². The van der Waals surface area contributed by atoms with Crippen LogP contribution in [0.15, 0.2) is 30.5 Å². The molecule has 1 amide bonds. The summed E-state index contributed by atoms with van der Waals surface area (Å²) in [5.74, 6) is -0.283. The number of anilines is 2. The summed E-state index contributed by atoms with van der Waals surface area (Å²) in [6, 6.07) is 6.71. The lowest BCUT2D eigenvalue weighted by atomic mass is 9.99. The summed E-state index contributed by atoms with van der Waals surface area (Å²) in [5.41, 5.74) is 8.44. The van der Waals surface area contributed by atoms with Crippen molar-refractivity contribution in [2.45, 2.75) is 12.8 Å². The molecule has 108 valence electrons. The second kappa shape index (κ2) is 4.93. The van der Waals surface area contributed by atoms with E-state index in [2.05, 4.69) is 4.98 Å². The molecule has 0 saturated carbocycles. The van der Waals surface area contributed by atoms with Crippen molar-refractivity contribution in [3.05, 3.63) is 51.8 Å². The first-order valence-corrected chi connectivity index (χ1v) is 6.60. The molecule has 0 fully saturated rings. The SMILES string of the molecule is Nc1cccc2c1CCCN2C(=O)c1cc([N+](=O)[O-])c[nH]1. The Hall–Kier alpha value is -2.83. The quantitative estimate of drug-likeness (QED) is 0.501. The molecular formula is C14H14N4O3. The van der Waals surface area contributed by atoms with Gasteiger partial charge in [0.05, 0.1) is 11.1 Å². The summed E-state index contributed by atoms with van der Waals surface area (Å²) in [4.78, 5) is 27.0. The number of nitrogens with zero attached hydrogens (tertiary/aromatic N) is 2. The van der Waals surface area contributed by atoms with E-state index in [0.717, 1.165) is 24.1 Å². The number of hydrogen-bond acceptors (Lipinski definition) is 4. The predicted molar refractivity (Wildman–Crippen MR) is 78.3 cm³/mol. The van der Waals surface area contributed by atoms with Gasteiger partial charge in [0.25, 0.3) is 11.6 Å². The lowest BCUT2D eigenvalue weighted by Crippen LogP contribution is -2.35. The van der Waals surface area contributed by atoms with Gasteiger partial charge in [-0.3, -0.25) is 14.9 Å². The molecule has 21 heavy (non-hydrogen) atoms. The molecule has 0 saturated heterocycles. The Morgan fingerprint density at radius 2 is 2.24 bits per heavy atom. The van der Waals surface area contributed by atoms with Crippen molar-refractivity contribution in [1.29, 1.82) is 0 Å². The zero-order valence-corrected chi connectivity index (χ0v) is 11.2. The number of aromatic amines is 1. The van der Waals surface area contributed by atoms with Gasteiger partial charge in [-0.05, 0) is 30.5 Å². The summed E-state index contributed by atoms with van der Waals surface area (Å²) < 4.78 is 0. The highest BCUT2D eigenvalue weighted by atomic mass is 16.6. The number of H-pyrrole nitrogens is 1. The fourth-order valence-electron chi connectivity index (χ4n) is 2.62. The number of nitrogens with one attached hydrogen (secondary N) is 1. The van der Waals surface area contributed by atoms with Crippen molar-refractivity contribution in [3.8, 4) is 0 Å². The molecular weight excluding hydrogens is 272 g/mol. The van der Waals surface area contributed by atoms with E-state index >= 15 is 0 Å². The van der Waals surface area contributed by atoms with Crippen molar-refractivity contribution in [1.82, 2.24) is 4.98 Å². The topological polar surface area (TPSA) is 105 Å². The number of fused-ring (bicyclic) bond motifs is 1. The minimum Gasteiger partial charge on any atom is -0.398 e. The molecule has 1 aromatic carbocycles. The standard InChI is InChI=1S/C14H14N4O3/c15-11-4-1-5-13-10(11)3-2-6-17(13)14(19)12-7-9(8-16-12)18(20)21/h1,4-5,7-8,16H,2-3,6,15H2. The fourth-order valence-corrected chi connectivity index (χ4v) is 2.62. The molecule has 1 aliphatic heterocycles. The summed E-state index contributed by atoms with van der Waals surface area (Å²) in [7, 11) is 0. The third kappa shape index (κ3) is 2.22. The molecule has 0 spiro atoms. The van der Waals surface area contributed by atoms with Gasteiger partial charge in [0.1, 0.15) is 5.69 Å². The second-order valence-corrected chi connectivity index (χ2v) is 4.93. The van der Waals surface area contributed by atoms with Crippen LogP contribution in [-0.4, -0.2) is 22.4 Å². The second-order valence-electron chi connectivity index (χ2n) is 4.93. The highest BCUT2D eigenvalue weighted by Gasteiger charge is 2.26. The number of benzene rings is 1. The van der Waals surface area contributed by atoms with E-state index in [-0.39, 0.29) is 17.3 Å². The van der Waals surface area contributed by atoms with E-state index in [0.29, 0.717) is 12.2 Å². The Balaban J connectivity index is 1.96. The van der Waals surface area contributed by atoms with Gasteiger partial charge in [-0.15, -0.1) is 0 Å². The molecule has 0 radical (unpaired) electrons. The monoisotopic (exact) mass is 286 g/mol. The summed E-state index contributed by atoms with van der Waals surface area (Å²) >= 11 is 0. The molecule has 2 aromatic rings. The first-order chi connectivity index (χ1) is 10.1. The zero-order chi connectivity index (χ0) is 15.0. The fraction of sp³-hybridized carbons (Fsp3) is 0.214. The highest BCUT2D eigenvalue weighted by molar-refractivity contribution is 6.06. The average Bonchev–Trinajstić information content (AvgIpc) is 2.96. The number of carbonyl (C=O) groups is 1. The molecule has 2 heterocycles. The van der Waals surface area contributed by atoms with Crippen LogP contribution >= 0.6 is 0 Å². The third-order valence-corrected chi connectivity index (χ3v) is 3.64. The third-order valence-electron chi connectivity index (χ3n) is 3.64. The van der Waals surface area contributed by atoms with Crippen LogP contribution in [0.5, 0.6) is 0 Å². The van der Waals surface area contributed by atoms with Crippen molar-refractivity contribution in [2.75, 3.05) is 17.2 Å². The molecule has 0 bridgehead atoms. The number of nitrogen functional groups attached to an aromatic ring is 1. The van der Waals surface area contributed by atoms with Gasteiger partial charge < -0.3 is 15.6 Å². The Labute approximate surface area is 120 Å². The van der Waals surface area contributed by atoms with Crippen LogP contribution in [0.25, 0.3) is 0 Å². The predicted octanol–water partition coefficient (Wildman–Crippen LogP) is 2.10. The maximum atomic E-state index is 12.5. The van der Waals surface area contributed by atoms with Crippen LogP contribution in [-0.2, 0) is 6.42 Å². The number of hydrogen-bond donors (Lipinski definition) is 2. The van der Waals surface area contributed by atoms with E-state index in [1.807, 2.05) is 12.1 Å². The van der Waals surface area contributed by atoms with Crippen molar-refractivity contribution >= 4 is 23.0 Å². The maximum absolute atomic E-state index is 12.5. The van der Waals surface area contributed by atoms with Gasteiger partial charge in [-0.25, -0.2) is 0 Å². The zero-order valence-electron chi connectivity index (χ0n) is 11.2. The molecule has 0 aliphatic carbocycles. The number of carbonyl (C=O) groups excluding carboxylic acids is 1. The van der Waals surface area contributed by atoms with Crippen LogP contribution in [0.2, 0.25) is 0 Å². The summed E-state index contributed by atoms with van der Waals surface area (Å²) in [5, 5.41) is 10.7. The number of nitro groups is 1. The molecule has 0 atom stereocenters. The largest absolute Gasteiger partial charge is 0.398 e. The average molecular weight is 286 g/mol. The minimum absolute atomic E-state index is 0.122. The van der Waals surface area contributed by atoms with Crippen LogP contribution in [0.3, 0.4) is 0 Å². The lowest BCUT2D eigenvalue weighted by Gasteiger charge is -2.29. The van der Waals surface area contributed by atoms with Gasteiger partial charge in [0.15, 0.2) is 0 Å². The van der Waals surface area contributed by atoms with E-state index in [9.17, 15) is 14.9 Å². The molecule has 0 unspecified atom stereocenters. The Kier molecular flexibility index (Phi) is 3.09. The highest BCUT2D eigenvalue weighted by Crippen LogP contribution is 2.32. The van der Waals surface area contributed by atoms with Crippen molar-refractivity contribution in [2.24, 2.45) is 0 Å². The van der Waals surface area contributed by atoms with Crippen LogP contribution < -0.4 is 10.6 Å². The number of aromatic nitrogens is 1. The normalized spacial score (nSPS) is 13.8.